The van der Waals surface area contributed by atoms with Crippen molar-refractivity contribution in [2.24, 2.45) is 0 Å². The molecule has 0 unspecified atom stereocenters. The van der Waals surface area contributed by atoms with Gasteiger partial charge >= 0.3 is 6.36 Å². The zero-order valence-corrected chi connectivity index (χ0v) is 14.2. The molecule has 7 nitrogen and oxygen atoms in total. The van der Waals surface area contributed by atoms with Gasteiger partial charge in [-0.25, -0.2) is 4.98 Å². The highest BCUT2D eigenvalue weighted by Crippen LogP contribution is 2.25. The Labute approximate surface area is 152 Å². The van der Waals surface area contributed by atoms with Gasteiger partial charge in [-0.2, -0.15) is 0 Å². The van der Waals surface area contributed by atoms with E-state index in [1.165, 1.54) is 12.1 Å². The van der Waals surface area contributed by atoms with Crippen LogP contribution >= 0.6 is 0 Å². The molecule has 0 bridgehead atoms. The smallest absolute Gasteiger partial charge is 0.406 e. The Hall–Kier alpha value is -3.30. The first-order valence-electron chi connectivity index (χ1n) is 8.00. The fourth-order valence-corrected chi connectivity index (χ4v) is 2.53. The van der Waals surface area contributed by atoms with Crippen molar-refractivity contribution in [1.82, 2.24) is 14.4 Å². The van der Waals surface area contributed by atoms with Crippen LogP contribution < -0.4 is 15.4 Å². The summed E-state index contributed by atoms with van der Waals surface area (Å²) in [6, 6.07) is 5.12. The second-order valence-corrected chi connectivity index (χ2v) is 5.65. The Morgan fingerprint density at radius 2 is 2.15 bits per heavy atom. The number of hydrogen-bond donors (Lipinski definition) is 2. The summed E-state index contributed by atoms with van der Waals surface area (Å²) in [4.78, 5) is 20.4. The molecule has 0 radical (unpaired) electrons. The molecule has 2 heterocycles. The van der Waals surface area contributed by atoms with E-state index >= 15 is 0 Å². The Bertz CT molecular complexity index is 955. The van der Waals surface area contributed by atoms with Gasteiger partial charge in [-0.15, -0.1) is 13.2 Å². The van der Waals surface area contributed by atoms with Crippen molar-refractivity contribution in [2.45, 2.75) is 19.7 Å². The Morgan fingerprint density at radius 1 is 1.33 bits per heavy atom. The number of alkyl halides is 3. The van der Waals surface area contributed by atoms with Gasteiger partial charge in [0.1, 0.15) is 11.6 Å². The molecule has 0 aliphatic heterocycles. The van der Waals surface area contributed by atoms with Crippen LogP contribution in [0.15, 0.2) is 42.9 Å². The Kier molecular flexibility index (Phi) is 5.15. The Balaban J connectivity index is 1.56. The summed E-state index contributed by atoms with van der Waals surface area (Å²) in [5.74, 6) is 0.00830. The molecular weight excluding hydrogens is 363 g/mol. The lowest BCUT2D eigenvalue weighted by atomic mass is 10.3. The number of nitrogens with one attached hydrogen (secondary N) is 2. The predicted molar refractivity (Wildman–Crippen MR) is 92.6 cm³/mol. The third kappa shape index (κ3) is 4.87. The predicted octanol–water partition coefficient (Wildman–Crippen LogP) is 3.38. The summed E-state index contributed by atoms with van der Waals surface area (Å²) in [6.07, 6.45) is 0.336. The maximum atomic E-state index is 12.3. The standard InChI is InChI=1S/C17H16F3N5O2/c1-11-16(25-8-7-21-10-14(25)23-11)22-6-5-15(26)24-12-3-2-4-13(9-12)27-17(18,19)20/h2-4,7-10,22H,5-6H2,1H3,(H,24,26). The molecule has 27 heavy (non-hydrogen) atoms. The number of carbonyl (C=O) groups excluding carboxylic acids is 1. The van der Waals surface area contributed by atoms with Gasteiger partial charge in [0, 0.05) is 37.1 Å². The average molecular weight is 379 g/mol. The first kappa shape index (κ1) is 18.5. The van der Waals surface area contributed by atoms with Crippen molar-refractivity contribution in [2.75, 3.05) is 17.2 Å². The minimum atomic E-state index is -4.78. The number of amides is 1. The number of rotatable bonds is 6. The summed E-state index contributed by atoms with van der Waals surface area (Å²) >= 11 is 0. The number of anilines is 2. The van der Waals surface area contributed by atoms with E-state index < -0.39 is 12.1 Å². The van der Waals surface area contributed by atoms with Gasteiger partial charge in [0.05, 0.1) is 11.9 Å². The lowest BCUT2D eigenvalue weighted by molar-refractivity contribution is -0.274. The van der Waals surface area contributed by atoms with E-state index in [0.717, 1.165) is 23.6 Å². The van der Waals surface area contributed by atoms with Gasteiger partial charge in [0.15, 0.2) is 5.65 Å². The molecule has 0 aliphatic carbocycles. The first-order chi connectivity index (χ1) is 12.8. The zero-order chi connectivity index (χ0) is 19.4. The van der Waals surface area contributed by atoms with Crippen LogP contribution in [0.4, 0.5) is 24.7 Å². The third-order valence-corrected chi connectivity index (χ3v) is 3.60. The van der Waals surface area contributed by atoms with Crippen LogP contribution in [-0.2, 0) is 4.79 Å². The van der Waals surface area contributed by atoms with Crippen molar-refractivity contribution in [3.8, 4) is 5.75 Å². The van der Waals surface area contributed by atoms with Gasteiger partial charge in [0.25, 0.3) is 0 Å². The van der Waals surface area contributed by atoms with Crippen molar-refractivity contribution in [3.63, 3.8) is 0 Å². The number of aromatic nitrogens is 3. The van der Waals surface area contributed by atoms with Gasteiger partial charge in [-0.1, -0.05) is 6.07 Å². The largest absolute Gasteiger partial charge is 0.573 e. The van der Waals surface area contributed by atoms with E-state index in [2.05, 4.69) is 25.3 Å². The van der Waals surface area contributed by atoms with Gasteiger partial charge in [-0.05, 0) is 19.1 Å². The highest BCUT2D eigenvalue weighted by atomic mass is 19.4. The van der Waals surface area contributed by atoms with Gasteiger partial charge in [0.2, 0.25) is 5.91 Å². The van der Waals surface area contributed by atoms with E-state index in [9.17, 15) is 18.0 Å². The molecule has 3 rings (SSSR count). The summed E-state index contributed by atoms with van der Waals surface area (Å²) in [6.45, 7) is 2.16. The molecule has 3 aromatic rings. The van der Waals surface area contributed by atoms with Crippen LogP contribution in [-0.4, -0.2) is 33.2 Å². The molecule has 142 valence electrons. The number of halogens is 3. The number of hydrogen-bond acceptors (Lipinski definition) is 5. The topological polar surface area (TPSA) is 80.5 Å². The minimum absolute atomic E-state index is 0.113. The number of carbonyl (C=O) groups is 1. The number of imidazole rings is 1. The van der Waals surface area contributed by atoms with Crippen LogP contribution in [0.25, 0.3) is 5.65 Å². The van der Waals surface area contributed by atoms with E-state index in [1.807, 2.05) is 11.3 Å². The van der Waals surface area contributed by atoms with Crippen molar-refractivity contribution in [1.29, 1.82) is 0 Å². The fourth-order valence-electron chi connectivity index (χ4n) is 2.53. The van der Waals surface area contributed by atoms with Gasteiger partial charge < -0.3 is 15.4 Å². The molecule has 2 N–H and O–H groups in total. The van der Waals surface area contributed by atoms with E-state index in [0.29, 0.717) is 12.2 Å². The summed E-state index contributed by atoms with van der Waals surface area (Å²) < 4.78 is 42.4. The quantitative estimate of drug-likeness (QED) is 0.686. The highest BCUT2D eigenvalue weighted by molar-refractivity contribution is 5.91. The number of fused-ring (bicyclic) bond motifs is 1. The molecule has 1 amide bonds. The molecular formula is C17H16F3N5O2. The lowest BCUT2D eigenvalue weighted by Gasteiger charge is -2.11. The van der Waals surface area contributed by atoms with Crippen molar-refractivity contribution >= 4 is 23.1 Å². The van der Waals surface area contributed by atoms with Crippen molar-refractivity contribution in [3.05, 3.63) is 48.5 Å². The van der Waals surface area contributed by atoms with Crippen LogP contribution in [0.3, 0.4) is 0 Å². The number of aryl methyl sites for hydroxylation is 1. The molecule has 0 aliphatic rings. The van der Waals surface area contributed by atoms with E-state index in [1.54, 1.807) is 18.6 Å². The van der Waals surface area contributed by atoms with Crippen LogP contribution in [0.5, 0.6) is 5.75 Å². The van der Waals surface area contributed by atoms with Crippen LogP contribution in [0.2, 0.25) is 0 Å². The van der Waals surface area contributed by atoms with Crippen LogP contribution in [0.1, 0.15) is 12.1 Å². The minimum Gasteiger partial charge on any atom is -0.406 e. The summed E-state index contributed by atoms with van der Waals surface area (Å²) in [5.41, 5.74) is 1.67. The summed E-state index contributed by atoms with van der Waals surface area (Å²) in [7, 11) is 0. The lowest BCUT2D eigenvalue weighted by Crippen LogP contribution is -2.18. The molecule has 10 heteroatoms. The molecule has 0 saturated heterocycles. The number of ether oxygens (including phenoxy) is 1. The van der Waals surface area contributed by atoms with E-state index in [-0.39, 0.29) is 18.0 Å². The maximum Gasteiger partial charge on any atom is 0.573 e. The van der Waals surface area contributed by atoms with E-state index in [4.69, 9.17) is 0 Å². The average Bonchev–Trinajstić information content (AvgIpc) is 2.89. The second-order valence-electron chi connectivity index (χ2n) is 5.65. The SMILES string of the molecule is Cc1nc2cnccn2c1NCCC(=O)Nc1cccc(OC(F)(F)F)c1. The number of benzene rings is 1. The van der Waals surface area contributed by atoms with Gasteiger partial charge in [-0.3, -0.25) is 14.2 Å². The summed E-state index contributed by atoms with van der Waals surface area (Å²) in [5, 5.41) is 5.67. The highest BCUT2D eigenvalue weighted by Gasteiger charge is 2.31. The molecule has 0 saturated carbocycles. The Morgan fingerprint density at radius 3 is 2.93 bits per heavy atom. The molecule has 1 aromatic carbocycles. The second kappa shape index (κ2) is 7.52. The van der Waals surface area contributed by atoms with Crippen molar-refractivity contribution < 1.29 is 22.7 Å². The molecule has 2 aromatic heterocycles. The van der Waals surface area contributed by atoms with Crippen LogP contribution in [0, 0.1) is 6.92 Å². The first-order valence-corrected chi connectivity index (χ1v) is 8.00. The number of nitrogens with zero attached hydrogens (tertiary/aromatic N) is 3. The monoisotopic (exact) mass is 379 g/mol. The molecule has 0 fully saturated rings. The molecule has 0 spiro atoms. The molecule has 0 atom stereocenters. The normalized spacial score (nSPS) is 11.4. The maximum absolute atomic E-state index is 12.3. The zero-order valence-electron chi connectivity index (χ0n) is 14.2. The fraction of sp³-hybridized carbons (Fsp3) is 0.235. The third-order valence-electron chi connectivity index (χ3n) is 3.60.